The lowest BCUT2D eigenvalue weighted by molar-refractivity contribution is -0.142. The molecule has 56 heavy (non-hydrogen) atoms. The summed E-state index contributed by atoms with van der Waals surface area (Å²) in [6.07, 6.45) is 6.45. The van der Waals surface area contributed by atoms with Gasteiger partial charge in [0.05, 0.1) is 12.4 Å². The summed E-state index contributed by atoms with van der Waals surface area (Å²) in [4.78, 5) is 81.2. The molecule has 0 spiro atoms. The second-order valence-corrected chi connectivity index (χ2v) is 13.5. The Kier molecular flexibility index (Phi) is 16.4. The summed E-state index contributed by atoms with van der Waals surface area (Å²) in [5, 5.41) is 21.6. The minimum absolute atomic E-state index is 0.00949. The van der Waals surface area contributed by atoms with E-state index < -0.39 is 59.8 Å². The highest BCUT2D eigenvalue weighted by molar-refractivity contribution is 5.96. The van der Waals surface area contributed by atoms with Gasteiger partial charge in [0, 0.05) is 48.4 Å². The highest BCUT2D eigenvalue weighted by atomic mass is 16.4. The van der Waals surface area contributed by atoms with Crippen LogP contribution < -0.4 is 44.2 Å². The van der Waals surface area contributed by atoms with Crippen molar-refractivity contribution < 1.29 is 29.1 Å². The molecule has 0 aliphatic carbocycles. The van der Waals surface area contributed by atoms with Gasteiger partial charge >= 0.3 is 5.97 Å². The maximum absolute atomic E-state index is 14.1. The Morgan fingerprint density at radius 2 is 1.36 bits per heavy atom. The number of rotatable bonds is 23. The number of carboxylic acid groups (broad SMARTS) is 1. The number of aromatic amines is 2. The summed E-state index contributed by atoms with van der Waals surface area (Å²) in [6, 6.07) is 10.6. The van der Waals surface area contributed by atoms with E-state index in [1.54, 1.807) is 36.5 Å². The fraction of sp³-hybridized carbons (Fsp3) is 0.395. The Bertz CT molecular complexity index is 1910. The molecule has 18 nitrogen and oxygen atoms in total. The van der Waals surface area contributed by atoms with Crippen molar-refractivity contribution in [2.75, 3.05) is 13.1 Å². The molecule has 0 saturated heterocycles. The molecule has 0 bridgehead atoms. The number of nitrogens with two attached hydrogens (primary N) is 4. The van der Waals surface area contributed by atoms with Crippen LogP contribution in [0.2, 0.25) is 0 Å². The fourth-order valence-electron chi connectivity index (χ4n) is 6.13. The van der Waals surface area contributed by atoms with Crippen LogP contribution in [0.15, 0.2) is 78.3 Å². The van der Waals surface area contributed by atoms with E-state index in [0.717, 1.165) is 16.5 Å². The second kappa shape index (κ2) is 21.6. The molecule has 300 valence electrons. The summed E-state index contributed by atoms with van der Waals surface area (Å²) in [5.74, 6) is -4.10. The number of carbonyl (C=O) groups excluding carboxylic acids is 4. The third kappa shape index (κ3) is 13.2. The number of carboxylic acids is 1. The first kappa shape index (κ1) is 42.5. The number of guanidine groups is 1. The number of hydrogen-bond acceptors (Lipinski definition) is 9. The van der Waals surface area contributed by atoms with E-state index in [2.05, 4.69) is 41.2 Å². The standard InChI is InChI=1S/C38H52N12O6/c39-15-7-6-13-29(47-33(51)27(40)18-24-20-45-28-12-5-4-11-26(24)28)34(52)50-32(19-25-21-43-22-46-25)36(54)49-31(17-23-9-2-1-3-10-23)35(53)48-30(37(55)56)14-8-16-44-38(41)42/h1-5,9-12,20-22,27,29-32,45H,6-8,13-19,39-40H2,(H,43,46)(H,47,51)(H,48,53)(H,49,54)(H,50,52)(H,55,56)(H4,41,42,44)/t27-,29-,30-,31-,32-/m0/s1. The van der Waals surface area contributed by atoms with Crippen LogP contribution in [0.4, 0.5) is 0 Å². The Morgan fingerprint density at radius 3 is 2.02 bits per heavy atom. The van der Waals surface area contributed by atoms with E-state index in [-0.39, 0.29) is 51.0 Å². The summed E-state index contributed by atoms with van der Waals surface area (Å²) in [7, 11) is 0. The van der Waals surface area contributed by atoms with Crippen LogP contribution >= 0.6 is 0 Å². The van der Waals surface area contributed by atoms with Gasteiger partial charge in [-0.1, -0.05) is 48.5 Å². The molecule has 18 heteroatoms. The minimum Gasteiger partial charge on any atom is -0.480 e. The number of imidazole rings is 1. The van der Waals surface area contributed by atoms with Gasteiger partial charge in [0.25, 0.3) is 0 Å². The number of H-pyrrole nitrogens is 2. The topological polar surface area (TPSA) is 315 Å². The summed E-state index contributed by atoms with van der Waals surface area (Å²) >= 11 is 0. The highest BCUT2D eigenvalue weighted by Crippen LogP contribution is 2.19. The molecule has 4 amide bonds. The first-order valence-electron chi connectivity index (χ1n) is 18.5. The molecule has 5 atom stereocenters. The maximum Gasteiger partial charge on any atom is 0.326 e. The fourth-order valence-corrected chi connectivity index (χ4v) is 6.13. The van der Waals surface area contributed by atoms with E-state index in [0.29, 0.717) is 30.6 Å². The molecule has 0 aliphatic heterocycles. The van der Waals surface area contributed by atoms with Crippen molar-refractivity contribution in [3.05, 3.63) is 90.1 Å². The maximum atomic E-state index is 14.1. The predicted molar refractivity (Wildman–Crippen MR) is 211 cm³/mol. The van der Waals surface area contributed by atoms with Crippen molar-refractivity contribution in [1.82, 2.24) is 36.2 Å². The average Bonchev–Trinajstić information content (AvgIpc) is 3.85. The van der Waals surface area contributed by atoms with Crippen LogP contribution in [0.1, 0.15) is 48.9 Å². The third-order valence-electron chi connectivity index (χ3n) is 9.12. The molecule has 0 saturated carbocycles. The van der Waals surface area contributed by atoms with Crippen LogP contribution in [0.5, 0.6) is 0 Å². The van der Waals surface area contributed by atoms with E-state index in [1.165, 1.54) is 12.5 Å². The second-order valence-electron chi connectivity index (χ2n) is 13.5. The molecule has 4 aromatic rings. The van der Waals surface area contributed by atoms with Crippen molar-refractivity contribution in [3.63, 3.8) is 0 Å². The van der Waals surface area contributed by atoms with E-state index in [1.807, 2.05) is 24.3 Å². The van der Waals surface area contributed by atoms with Crippen molar-refractivity contribution in [1.29, 1.82) is 0 Å². The van der Waals surface area contributed by atoms with Gasteiger partial charge < -0.3 is 59.3 Å². The SMILES string of the molecule is NCCCC[C@H](NC(=O)[C@@H](N)Cc1c[nH]c2ccccc12)C(=O)N[C@@H](Cc1cnc[nH]1)C(=O)N[C@@H](Cc1ccccc1)C(=O)N[C@@H](CCCN=C(N)N)C(=O)O. The number of nitrogens with zero attached hydrogens (tertiary/aromatic N) is 2. The van der Waals surface area contributed by atoms with Crippen LogP contribution in [0, 0.1) is 0 Å². The van der Waals surface area contributed by atoms with Crippen molar-refractivity contribution in [3.8, 4) is 0 Å². The molecule has 2 heterocycles. The van der Waals surface area contributed by atoms with Crippen LogP contribution in [0.25, 0.3) is 10.9 Å². The zero-order chi connectivity index (χ0) is 40.5. The first-order chi connectivity index (χ1) is 26.9. The zero-order valence-corrected chi connectivity index (χ0v) is 31.1. The Morgan fingerprint density at radius 1 is 0.732 bits per heavy atom. The van der Waals surface area contributed by atoms with E-state index in [9.17, 15) is 29.1 Å². The predicted octanol–water partition coefficient (Wildman–Crippen LogP) is -0.547. The average molecular weight is 773 g/mol. The first-order valence-corrected chi connectivity index (χ1v) is 18.5. The molecule has 4 rings (SSSR count). The number of benzene rings is 2. The lowest BCUT2D eigenvalue weighted by Crippen LogP contribution is -2.59. The van der Waals surface area contributed by atoms with Gasteiger partial charge in [0.1, 0.15) is 24.2 Å². The van der Waals surface area contributed by atoms with Gasteiger partial charge in [-0.3, -0.25) is 24.2 Å². The third-order valence-corrected chi connectivity index (χ3v) is 9.12. The van der Waals surface area contributed by atoms with Crippen molar-refractivity contribution in [2.24, 2.45) is 27.9 Å². The lowest BCUT2D eigenvalue weighted by atomic mass is 10.0. The molecular weight excluding hydrogens is 720 g/mol. The minimum atomic E-state index is -1.30. The van der Waals surface area contributed by atoms with Crippen molar-refractivity contribution >= 4 is 46.5 Å². The van der Waals surface area contributed by atoms with E-state index >= 15 is 0 Å². The summed E-state index contributed by atoms with van der Waals surface area (Å²) in [6.45, 7) is 0.530. The van der Waals surface area contributed by atoms with Crippen LogP contribution in [-0.2, 0) is 43.2 Å². The number of aliphatic carboxylic acids is 1. The van der Waals surface area contributed by atoms with Crippen molar-refractivity contribution in [2.45, 2.75) is 81.6 Å². The number of aliphatic imine (C=N–C) groups is 1. The number of hydrogen-bond donors (Lipinski definition) is 11. The molecular formula is C38H52N12O6. The number of amides is 4. The Labute approximate surface area is 324 Å². The smallest absolute Gasteiger partial charge is 0.326 e. The molecule has 2 aromatic heterocycles. The normalized spacial score (nSPS) is 13.8. The zero-order valence-electron chi connectivity index (χ0n) is 31.1. The monoisotopic (exact) mass is 772 g/mol. The Hall–Kier alpha value is -6.27. The number of nitrogens with one attached hydrogen (secondary N) is 6. The number of aromatic nitrogens is 3. The van der Waals surface area contributed by atoms with E-state index in [4.69, 9.17) is 22.9 Å². The van der Waals surface area contributed by atoms with Gasteiger partial charge in [-0.05, 0) is 62.3 Å². The summed E-state index contributed by atoms with van der Waals surface area (Å²) < 4.78 is 0. The molecule has 0 unspecified atom stereocenters. The lowest BCUT2D eigenvalue weighted by Gasteiger charge is -2.26. The number of carbonyl (C=O) groups is 5. The molecule has 0 aliphatic rings. The Balaban J connectivity index is 1.52. The number of fused-ring (bicyclic) bond motifs is 1. The molecule has 2 aromatic carbocycles. The van der Waals surface area contributed by atoms with Crippen LogP contribution in [0.3, 0.4) is 0 Å². The summed E-state index contributed by atoms with van der Waals surface area (Å²) in [5.41, 5.74) is 25.7. The van der Waals surface area contributed by atoms with Gasteiger partial charge in [0.2, 0.25) is 23.6 Å². The highest BCUT2D eigenvalue weighted by Gasteiger charge is 2.32. The number of unbranched alkanes of at least 4 members (excludes halogenated alkanes) is 1. The molecule has 15 N–H and O–H groups in total. The van der Waals surface area contributed by atoms with Gasteiger partial charge in [-0.25, -0.2) is 9.78 Å². The molecule has 0 fully saturated rings. The van der Waals surface area contributed by atoms with Gasteiger partial charge in [-0.2, -0.15) is 0 Å². The molecule has 0 radical (unpaired) electrons. The quantitative estimate of drug-likeness (QED) is 0.0258. The largest absolute Gasteiger partial charge is 0.480 e. The van der Waals surface area contributed by atoms with Crippen LogP contribution in [-0.4, -0.2) is 98.9 Å². The number of para-hydroxylation sites is 1. The van der Waals surface area contributed by atoms with Gasteiger partial charge in [-0.15, -0.1) is 0 Å². The van der Waals surface area contributed by atoms with Gasteiger partial charge in [0.15, 0.2) is 5.96 Å².